The SMILES string of the molecule is CCCOc1cncc(C2CCC(NC)C2C)c1. The van der Waals surface area contributed by atoms with Crippen molar-refractivity contribution in [3.8, 4) is 5.75 Å². The van der Waals surface area contributed by atoms with Crippen LogP contribution in [0, 0.1) is 5.92 Å². The van der Waals surface area contributed by atoms with Crippen LogP contribution < -0.4 is 10.1 Å². The van der Waals surface area contributed by atoms with Crippen molar-refractivity contribution in [3.63, 3.8) is 0 Å². The van der Waals surface area contributed by atoms with Crippen molar-refractivity contribution in [1.82, 2.24) is 10.3 Å². The van der Waals surface area contributed by atoms with E-state index in [9.17, 15) is 0 Å². The summed E-state index contributed by atoms with van der Waals surface area (Å²) in [5.74, 6) is 2.19. The van der Waals surface area contributed by atoms with Crippen LogP contribution in [-0.4, -0.2) is 24.7 Å². The lowest BCUT2D eigenvalue weighted by molar-refractivity contribution is 0.315. The zero-order chi connectivity index (χ0) is 13.0. The van der Waals surface area contributed by atoms with Gasteiger partial charge in [0.25, 0.3) is 0 Å². The molecule has 1 aromatic heterocycles. The van der Waals surface area contributed by atoms with Crippen LogP contribution >= 0.6 is 0 Å². The van der Waals surface area contributed by atoms with Gasteiger partial charge in [-0.1, -0.05) is 13.8 Å². The molecule has 1 heterocycles. The number of ether oxygens (including phenoxy) is 1. The molecule has 18 heavy (non-hydrogen) atoms. The van der Waals surface area contributed by atoms with E-state index in [4.69, 9.17) is 4.74 Å². The molecule has 1 aliphatic carbocycles. The lowest BCUT2D eigenvalue weighted by Gasteiger charge is -2.20. The Morgan fingerprint density at radius 1 is 1.39 bits per heavy atom. The highest BCUT2D eigenvalue weighted by atomic mass is 16.5. The second kappa shape index (κ2) is 6.19. The van der Waals surface area contributed by atoms with Crippen LogP contribution in [0.3, 0.4) is 0 Å². The fourth-order valence-electron chi connectivity index (χ4n) is 2.98. The van der Waals surface area contributed by atoms with Gasteiger partial charge in [0.15, 0.2) is 0 Å². The van der Waals surface area contributed by atoms with Gasteiger partial charge in [-0.2, -0.15) is 0 Å². The van der Waals surface area contributed by atoms with Gasteiger partial charge in [-0.25, -0.2) is 0 Å². The monoisotopic (exact) mass is 248 g/mol. The molecule has 1 aromatic rings. The zero-order valence-electron chi connectivity index (χ0n) is 11.6. The van der Waals surface area contributed by atoms with Crippen molar-refractivity contribution in [1.29, 1.82) is 0 Å². The fraction of sp³-hybridized carbons (Fsp3) is 0.667. The molecule has 3 heteroatoms. The predicted molar refractivity (Wildman–Crippen MR) is 74.0 cm³/mol. The molecule has 0 saturated heterocycles. The van der Waals surface area contributed by atoms with Gasteiger partial charge >= 0.3 is 0 Å². The third-order valence-corrected chi connectivity index (χ3v) is 4.06. The number of nitrogens with one attached hydrogen (secondary N) is 1. The first-order valence-corrected chi connectivity index (χ1v) is 7.01. The van der Waals surface area contributed by atoms with Crippen LogP contribution in [-0.2, 0) is 0 Å². The van der Waals surface area contributed by atoms with Gasteiger partial charge in [-0.05, 0) is 49.8 Å². The summed E-state index contributed by atoms with van der Waals surface area (Å²) in [6.07, 6.45) is 7.34. The van der Waals surface area contributed by atoms with Crippen LogP contribution in [0.25, 0.3) is 0 Å². The van der Waals surface area contributed by atoms with Crippen LogP contribution in [0.15, 0.2) is 18.5 Å². The number of pyridine rings is 1. The third kappa shape index (κ3) is 2.83. The van der Waals surface area contributed by atoms with E-state index in [1.807, 2.05) is 12.4 Å². The Balaban J connectivity index is 2.09. The predicted octanol–water partition coefficient (Wildman–Crippen LogP) is 2.97. The Morgan fingerprint density at radius 2 is 2.22 bits per heavy atom. The highest BCUT2D eigenvalue weighted by Crippen LogP contribution is 2.39. The van der Waals surface area contributed by atoms with Gasteiger partial charge in [0.1, 0.15) is 5.75 Å². The lowest BCUT2D eigenvalue weighted by atomic mass is 9.90. The Bertz CT molecular complexity index is 381. The molecule has 0 amide bonds. The summed E-state index contributed by atoms with van der Waals surface area (Å²) in [4.78, 5) is 4.32. The number of aromatic nitrogens is 1. The van der Waals surface area contributed by atoms with Crippen LogP contribution in [0.4, 0.5) is 0 Å². The van der Waals surface area contributed by atoms with E-state index in [2.05, 4.69) is 37.3 Å². The number of hydrogen-bond acceptors (Lipinski definition) is 3. The van der Waals surface area contributed by atoms with Crippen molar-refractivity contribution < 1.29 is 4.74 Å². The average molecular weight is 248 g/mol. The summed E-state index contributed by atoms with van der Waals surface area (Å²) in [7, 11) is 2.06. The van der Waals surface area contributed by atoms with Crippen molar-refractivity contribution >= 4 is 0 Å². The normalized spacial score (nSPS) is 27.4. The molecule has 1 aliphatic rings. The van der Waals surface area contributed by atoms with E-state index < -0.39 is 0 Å². The fourth-order valence-corrected chi connectivity index (χ4v) is 2.98. The molecule has 0 radical (unpaired) electrons. The van der Waals surface area contributed by atoms with E-state index in [-0.39, 0.29) is 0 Å². The van der Waals surface area contributed by atoms with E-state index in [0.29, 0.717) is 17.9 Å². The second-order valence-corrected chi connectivity index (χ2v) is 5.24. The minimum Gasteiger partial charge on any atom is -0.492 e. The zero-order valence-corrected chi connectivity index (χ0v) is 11.6. The maximum atomic E-state index is 5.67. The van der Waals surface area contributed by atoms with E-state index in [0.717, 1.165) is 18.8 Å². The molecule has 0 aromatic carbocycles. The number of rotatable bonds is 5. The lowest BCUT2D eigenvalue weighted by Crippen LogP contribution is -2.28. The van der Waals surface area contributed by atoms with Crippen molar-refractivity contribution in [2.45, 2.75) is 45.1 Å². The quantitative estimate of drug-likeness (QED) is 0.870. The molecule has 100 valence electrons. The molecule has 3 atom stereocenters. The summed E-state index contributed by atoms with van der Waals surface area (Å²) < 4.78 is 5.67. The molecule has 0 spiro atoms. The Kier molecular flexibility index (Phi) is 4.59. The van der Waals surface area contributed by atoms with E-state index in [1.165, 1.54) is 18.4 Å². The Hall–Kier alpha value is -1.09. The molecule has 0 aliphatic heterocycles. The molecule has 1 saturated carbocycles. The molecule has 3 nitrogen and oxygen atoms in total. The van der Waals surface area contributed by atoms with Crippen molar-refractivity contribution in [3.05, 3.63) is 24.0 Å². The Labute approximate surface area is 110 Å². The van der Waals surface area contributed by atoms with Gasteiger partial charge in [-0.15, -0.1) is 0 Å². The second-order valence-electron chi connectivity index (χ2n) is 5.24. The average Bonchev–Trinajstić information content (AvgIpc) is 2.78. The summed E-state index contributed by atoms with van der Waals surface area (Å²) in [6.45, 7) is 5.22. The highest BCUT2D eigenvalue weighted by molar-refractivity contribution is 5.28. The van der Waals surface area contributed by atoms with Crippen LogP contribution in [0.1, 0.15) is 44.6 Å². The smallest absolute Gasteiger partial charge is 0.137 e. The highest BCUT2D eigenvalue weighted by Gasteiger charge is 2.32. The van der Waals surface area contributed by atoms with Gasteiger partial charge in [0, 0.05) is 12.2 Å². The summed E-state index contributed by atoms with van der Waals surface area (Å²) in [5, 5.41) is 3.41. The first-order chi connectivity index (χ1) is 8.76. The topological polar surface area (TPSA) is 34.1 Å². The minimum absolute atomic E-state index is 0.611. The van der Waals surface area contributed by atoms with Crippen molar-refractivity contribution in [2.75, 3.05) is 13.7 Å². The van der Waals surface area contributed by atoms with Crippen LogP contribution in [0.5, 0.6) is 5.75 Å². The molecule has 1 N–H and O–H groups in total. The standard InChI is InChI=1S/C15H24N2O/c1-4-7-18-13-8-12(9-17-10-13)14-5-6-15(16-3)11(14)2/h8-11,14-16H,4-7H2,1-3H3. The van der Waals surface area contributed by atoms with Gasteiger partial charge in [0.2, 0.25) is 0 Å². The van der Waals surface area contributed by atoms with Crippen molar-refractivity contribution in [2.24, 2.45) is 5.92 Å². The van der Waals surface area contributed by atoms with E-state index >= 15 is 0 Å². The van der Waals surface area contributed by atoms with Gasteiger partial charge in [-0.3, -0.25) is 4.98 Å². The maximum Gasteiger partial charge on any atom is 0.137 e. The molecular weight excluding hydrogens is 224 g/mol. The van der Waals surface area contributed by atoms with Gasteiger partial charge in [0.05, 0.1) is 12.8 Å². The Morgan fingerprint density at radius 3 is 2.89 bits per heavy atom. The number of nitrogens with zero attached hydrogens (tertiary/aromatic N) is 1. The molecule has 3 unspecified atom stereocenters. The summed E-state index contributed by atoms with van der Waals surface area (Å²) in [6, 6.07) is 2.80. The first-order valence-electron chi connectivity index (χ1n) is 7.01. The molecule has 1 fully saturated rings. The number of hydrogen-bond donors (Lipinski definition) is 1. The largest absolute Gasteiger partial charge is 0.492 e. The molecular formula is C15H24N2O. The first kappa shape index (κ1) is 13.3. The molecule has 0 bridgehead atoms. The third-order valence-electron chi connectivity index (χ3n) is 4.06. The van der Waals surface area contributed by atoms with Gasteiger partial charge < -0.3 is 10.1 Å². The minimum atomic E-state index is 0.611. The van der Waals surface area contributed by atoms with E-state index in [1.54, 1.807) is 0 Å². The van der Waals surface area contributed by atoms with Crippen LogP contribution in [0.2, 0.25) is 0 Å². The summed E-state index contributed by atoms with van der Waals surface area (Å²) >= 11 is 0. The molecule has 2 rings (SSSR count). The summed E-state index contributed by atoms with van der Waals surface area (Å²) in [5.41, 5.74) is 1.33. The maximum absolute atomic E-state index is 5.67.